The van der Waals surface area contributed by atoms with Crippen LogP contribution in [0.25, 0.3) is 16.7 Å². The largest absolute Gasteiger partial charge is 0.379 e. The van der Waals surface area contributed by atoms with Gasteiger partial charge < -0.3 is 10.5 Å². The second-order valence-electron chi connectivity index (χ2n) is 10.1. The van der Waals surface area contributed by atoms with Crippen LogP contribution in [0.15, 0.2) is 52.8 Å². The van der Waals surface area contributed by atoms with Gasteiger partial charge in [-0.1, -0.05) is 26.0 Å². The maximum Gasteiger partial charge on any atom is 0.261 e. The van der Waals surface area contributed by atoms with Crippen molar-refractivity contribution in [3.05, 3.63) is 59.7 Å². The van der Waals surface area contributed by atoms with Crippen molar-refractivity contribution in [2.75, 3.05) is 38.3 Å². The van der Waals surface area contributed by atoms with E-state index in [1.165, 1.54) is 12.1 Å². The predicted octanol–water partition coefficient (Wildman–Crippen LogP) is 3.74. The van der Waals surface area contributed by atoms with Gasteiger partial charge in [-0.25, -0.2) is 14.4 Å². The van der Waals surface area contributed by atoms with Gasteiger partial charge in [0.15, 0.2) is 11.2 Å². The number of hydrogen-bond acceptors (Lipinski definition) is 9. The molecule has 0 bridgehead atoms. The minimum Gasteiger partial charge on any atom is -0.379 e. The highest BCUT2D eigenvalue weighted by Crippen LogP contribution is 2.47. The number of benzene rings is 1. The van der Waals surface area contributed by atoms with Gasteiger partial charge in [0.1, 0.15) is 11.3 Å². The van der Waals surface area contributed by atoms with E-state index in [0.717, 1.165) is 47.6 Å². The number of ether oxygens (including phenoxy) is 1. The van der Waals surface area contributed by atoms with Gasteiger partial charge >= 0.3 is 0 Å². The maximum atomic E-state index is 13.9. The number of aromatic nitrogens is 3. The summed E-state index contributed by atoms with van der Waals surface area (Å²) in [6, 6.07) is 10.4. The van der Waals surface area contributed by atoms with Crippen LogP contribution < -0.4 is 5.73 Å². The number of nitrogens with two attached hydrogens (primary N) is 1. The average molecular weight is 560 g/mol. The highest BCUT2D eigenvalue weighted by molar-refractivity contribution is 7.85. The summed E-state index contributed by atoms with van der Waals surface area (Å²) in [7, 11) is -3.67. The molecule has 1 aromatic carbocycles. The topological polar surface area (TPSA) is 148 Å². The van der Waals surface area contributed by atoms with Crippen molar-refractivity contribution in [3.8, 4) is 0 Å². The van der Waals surface area contributed by atoms with E-state index >= 15 is 0 Å². The number of anilines is 1. The van der Waals surface area contributed by atoms with Gasteiger partial charge in [0, 0.05) is 31.2 Å². The molecule has 39 heavy (non-hydrogen) atoms. The van der Waals surface area contributed by atoms with Crippen LogP contribution in [0.5, 0.6) is 0 Å². The fourth-order valence-electron chi connectivity index (χ4n) is 5.00. The van der Waals surface area contributed by atoms with E-state index in [1.54, 1.807) is 18.3 Å². The first kappa shape index (κ1) is 28.7. The SMILES string of the molecule is CC(C)Cn1c(N)nc2ccc(C3=CN=NC3(c3ccc(F)cc3)C(C)N3CCOCC3)nc21.CS(=O)(=O)O. The summed E-state index contributed by atoms with van der Waals surface area (Å²) in [6.45, 7) is 10.0. The Morgan fingerprint density at radius 2 is 1.74 bits per heavy atom. The van der Waals surface area contributed by atoms with E-state index < -0.39 is 15.7 Å². The zero-order chi connectivity index (χ0) is 28.4. The van der Waals surface area contributed by atoms with Crippen LogP contribution >= 0.6 is 0 Å². The number of morpholine rings is 1. The third-order valence-electron chi connectivity index (χ3n) is 6.74. The molecular formula is C26H34FN7O4S. The van der Waals surface area contributed by atoms with Crippen LogP contribution in [-0.2, 0) is 26.9 Å². The zero-order valence-corrected chi connectivity index (χ0v) is 23.3. The molecule has 2 aliphatic rings. The normalized spacial score (nSPS) is 20.6. The lowest BCUT2D eigenvalue weighted by molar-refractivity contribution is 0.00851. The number of fused-ring (bicyclic) bond motifs is 1. The fourth-order valence-corrected chi connectivity index (χ4v) is 5.00. The Morgan fingerprint density at radius 1 is 1.10 bits per heavy atom. The highest BCUT2D eigenvalue weighted by atomic mass is 32.2. The summed E-state index contributed by atoms with van der Waals surface area (Å²) in [6.07, 6.45) is 2.49. The van der Waals surface area contributed by atoms with Crippen molar-refractivity contribution in [2.24, 2.45) is 16.1 Å². The molecule has 0 spiro atoms. The number of nitrogens with zero attached hydrogens (tertiary/aromatic N) is 6. The van der Waals surface area contributed by atoms with Crippen LogP contribution in [0, 0.1) is 11.7 Å². The molecule has 13 heteroatoms. The summed E-state index contributed by atoms with van der Waals surface area (Å²) < 4.78 is 47.3. The minimum absolute atomic E-state index is 0.0532. The molecule has 3 N–H and O–H groups in total. The van der Waals surface area contributed by atoms with Crippen LogP contribution in [0.4, 0.5) is 10.3 Å². The van der Waals surface area contributed by atoms with Gasteiger partial charge in [0.2, 0.25) is 5.95 Å². The lowest BCUT2D eigenvalue weighted by atomic mass is 9.76. The third-order valence-corrected chi connectivity index (χ3v) is 6.74. The second kappa shape index (κ2) is 11.5. The van der Waals surface area contributed by atoms with E-state index in [1.807, 2.05) is 16.7 Å². The number of rotatable bonds is 6. The van der Waals surface area contributed by atoms with Gasteiger partial charge in [-0.2, -0.15) is 18.6 Å². The zero-order valence-electron chi connectivity index (χ0n) is 22.5. The Labute approximate surface area is 227 Å². The molecule has 210 valence electrons. The van der Waals surface area contributed by atoms with Crippen molar-refractivity contribution in [2.45, 2.75) is 38.9 Å². The summed E-state index contributed by atoms with van der Waals surface area (Å²) in [5, 5.41) is 9.19. The Hall–Kier alpha value is -3.26. The number of nitrogen functional groups attached to an aromatic ring is 1. The molecule has 0 radical (unpaired) electrons. The Bertz CT molecular complexity index is 1470. The van der Waals surface area contributed by atoms with Crippen molar-refractivity contribution in [1.82, 2.24) is 19.4 Å². The molecule has 2 aliphatic heterocycles. The molecule has 0 saturated carbocycles. The number of halogens is 1. The average Bonchev–Trinajstić information content (AvgIpc) is 3.45. The first-order chi connectivity index (χ1) is 18.4. The van der Waals surface area contributed by atoms with E-state index in [4.69, 9.17) is 25.1 Å². The molecule has 1 fully saturated rings. The molecule has 1 saturated heterocycles. The molecule has 11 nitrogen and oxygen atoms in total. The lowest BCUT2D eigenvalue weighted by Gasteiger charge is -2.42. The van der Waals surface area contributed by atoms with E-state index in [0.29, 0.717) is 31.3 Å². The summed E-state index contributed by atoms with van der Waals surface area (Å²) >= 11 is 0. The lowest BCUT2D eigenvalue weighted by Crippen LogP contribution is -2.52. The first-order valence-corrected chi connectivity index (χ1v) is 14.5. The summed E-state index contributed by atoms with van der Waals surface area (Å²) in [5.41, 5.74) is 9.37. The van der Waals surface area contributed by atoms with Crippen molar-refractivity contribution in [1.29, 1.82) is 0 Å². The molecule has 0 aliphatic carbocycles. The fraction of sp³-hybridized carbons (Fsp3) is 0.462. The molecule has 5 rings (SSSR count). The van der Waals surface area contributed by atoms with E-state index in [-0.39, 0.29) is 11.9 Å². The Kier molecular flexibility index (Phi) is 8.45. The minimum atomic E-state index is -3.67. The number of azo groups is 1. The molecular weight excluding hydrogens is 525 g/mol. The van der Waals surface area contributed by atoms with Crippen molar-refractivity contribution < 1.29 is 22.1 Å². The predicted molar refractivity (Wildman–Crippen MR) is 147 cm³/mol. The van der Waals surface area contributed by atoms with Crippen molar-refractivity contribution in [3.63, 3.8) is 0 Å². The van der Waals surface area contributed by atoms with Crippen molar-refractivity contribution >= 4 is 32.8 Å². The maximum absolute atomic E-state index is 13.9. The molecule has 4 heterocycles. The quantitative estimate of drug-likeness (QED) is 0.434. The number of pyridine rings is 1. The summed E-state index contributed by atoms with van der Waals surface area (Å²) in [5.74, 6) is 0.557. The smallest absolute Gasteiger partial charge is 0.261 e. The van der Waals surface area contributed by atoms with Gasteiger partial charge in [-0.15, -0.1) is 0 Å². The summed E-state index contributed by atoms with van der Waals surface area (Å²) in [4.78, 5) is 11.9. The first-order valence-electron chi connectivity index (χ1n) is 12.7. The number of imidazole rings is 1. The van der Waals surface area contributed by atoms with Gasteiger partial charge in [-0.05, 0) is 42.7 Å². The van der Waals surface area contributed by atoms with Gasteiger partial charge in [0.05, 0.1) is 31.4 Å². The van der Waals surface area contributed by atoms with Crippen LogP contribution in [-0.4, -0.2) is 71.0 Å². The monoisotopic (exact) mass is 559 g/mol. The van der Waals surface area contributed by atoms with Gasteiger partial charge in [0.25, 0.3) is 10.1 Å². The highest BCUT2D eigenvalue weighted by Gasteiger charge is 2.48. The molecule has 2 atom stereocenters. The van der Waals surface area contributed by atoms with Crippen LogP contribution in [0.1, 0.15) is 32.0 Å². The molecule has 2 unspecified atom stereocenters. The van der Waals surface area contributed by atoms with E-state index in [9.17, 15) is 12.8 Å². The molecule has 3 aromatic rings. The van der Waals surface area contributed by atoms with Gasteiger partial charge in [-0.3, -0.25) is 14.0 Å². The second-order valence-corrected chi connectivity index (χ2v) is 11.6. The number of hydrogen-bond donors (Lipinski definition) is 2. The standard InChI is InChI=1S/C25H30FN7O.CH4O3S/c1-16(2)15-33-23-22(30-24(33)27)9-8-21(29-23)20-14-28-31-25(20,18-4-6-19(26)7-5-18)17(3)32-10-12-34-13-11-32;1-5(2,3)4/h4-9,14,16-17H,10-13,15H2,1-3H3,(H2,27,30);1H3,(H,2,3,4). The Morgan fingerprint density at radius 3 is 2.36 bits per heavy atom. The van der Waals surface area contributed by atoms with E-state index in [2.05, 4.69) is 35.8 Å². The van der Waals surface area contributed by atoms with Crippen LogP contribution in [0.3, 0.4) is 0 Å². The Balaban J connectivity index is 0.000000648. The molecule has 0 amide bonds. The third kappa shape index (κ3) is 6.32. The molecule has 2 aromatic heterocycles. The van der Waals surface area contributed by atoms with Crippen LogP contribution in [0.2, 0.25) is 0 Å².